The molecule has 0 spiro atoms. The van der Waals surface area contributed by atoms with E-state index in [-0.39, 0.29) is 5.82 Å². The molecule has 1 saturated carbocycles. The second-order valence-corrected chi connectivity index (χ2v) is 5.27. The maximum atomic E-state index is 14.0. The monoisotopic (exact) mass is 309 g/mol. The maximum Gasteiger partial charge on any atom is 0.144 e. The number of hydrogen-bond donors (Lipinski definition) is 0. The van der Waals surface area contributed by atoms with Crippen molar-refractivity contribution >= 4 is 15.9 Å². The number of aromatic nitrogens is 1. The van der Waals surface area contributed by atoms with Crippen molar-refractivity contribution in [2.75, 3.05) is 0 Å². The summed E-state index contributed by atoms with van der Waals surface area (Å²) in [5.74, 6) is 1.16. The van der Waals surface area contributed by atoms with Crippen LogP contribution in [-0.2, 0) is 5.33 Å². The van der Waals surface area contributed by atoms with Crippen LogP contribution in [0.3, 0.4) is 0 Å². The van der Waals surface area contributed by atoms with Crippen molar-refractivity contribution in [3.8, 4) is 11.3 Å². The molecule has 2 nitrogen and oxygen atoms in total. The van der Waals surface area contributed by atoms with E-state index < -0.39 is 0 Å². The van der Waals surface area contributed by atoms with Gasteiger partial charge in [-0.05, 0) is 31.4 Å². The highest BCUT2D eigenvalue weighted by Gasteiger charge is 2.32. The van der Waals surface area contributed by atoms with E-state index in [2.05, 4.69) is 21.1 Å². The molecule has 1 aromatic carbocycles. The smallest absolute Gasteiger partial charge is 0.144 e. The van der Waals surface area contributed by atoms with Gasteiger partial charge in [0.2, 0.25) is 0 Å². The minimum atomic E-state index is -0.243. The van der Waals surface area contributed by atoms with Gasteiger partial charge in [0, 0.05) is 22.4 Å². The second-order valence-electron chi connectivity index (χ2n) is 4.71. The average molecular weight is 310 g/mol. The highest BCUT2D eigenvalue weighted by molar-refractivity contribution is 9.08. The Morgan fingerprint density at radius 1 is 1.44 bits per heavy atom. The molecule has 94 valence electrons. The quantitative estimate of drug-likeness (QED) is 0.777. The van der Waals surface area contributed by atoms with E-state index in [9.17, 15) is 4.39 Å². The predicted molar refractivity (Wildman–Crippen MR) is 71.2 cm³/mol. The second kappa shape index (κ2) is 4.50. The summed E-state index contributed by atoms with van der Waals surface area (Å²) >= 11 is 3.46. The van der Waals surface area contributed by atoms with Crippen LogP contribution in [0.5, 0.6) is 0 Å². The van der Waals surface area contributed by atoms with Gasteiger partial charge in [0.05, 0.1) is 0 Å². The molecule has 0 bridgehead atoms. The molecule has 3 rings (SSSR count). The fourth-order valence-electron chi connectivity index (χ4n) is 2.25. The molecular formula is C14H13BrFNO. The SMILES string of the molecule is Cc1cccc(F)c1-c1noc(C2CC2)c1CBr. The fraction of sp³-hybridized carbons (Fsp3) is 0.357. The lowest BCUT2D eigenvalue weighted by Crippen LogP contribution is -1.93. The zero-order chi connectivity index (χ0) is 12.7. The fourth-order valence-corrected chi connectivity index (χ4v) is 2.79. The highest BCUT2D eigenvalue weighted by Crippen LogP contribution is 2.45. The molecule has 0 unspecified atom stereocenters. The predicted octanol–water partition coefficient (Wildman–Crippen LogP) is 4.56. The Morgan fingerprint density at radius 3 is 2.83 bits per heavy atom. The van der Waals surface area contributed by atoms with Gasteiger partial charge in [-0.3, -0.25) is 0 Å². The van der Waals surface area contributed by atoms with Crippen molar-refractivity contribution in [1.29, 1.82) is 0 Å². The summed E-state index contributed by atoms with van der Waals surface area (Å²) < 4.78 is 19.4. The number of nitrogens with zero attached hydrogens (tertiary/aromatic N) is 1. The van der Waals surface area contributed by atoms with Crippen LogP contribution in [-0.4, -0.2) is 5.16 Å². The molecule has 0 radical (unpaired) electrons. The number of benzene rings is 1. The van der Waals surface area contributed by atoms with Crippen molar-refractivity contribution in [3.05, 3.63) is 40.9 Å². The van der Waals surface area contributed by atoms with Gasteiger partial charge in [-0.25, -0.2) is 4.39 Å². The molecule has 1 aliphatic carbocycles. The van der Waals surface area contributed by atoms with Gasteiger partial charge in [-0.1, -0.05) is 33.2 Å². The molecule has 18 heavy (non-hydrogen) atoms. The molecule has 1 heterocycles. The molecule has 1 fully saturated rings. The van der Waals surface area contributed by atoms with Crippen LogP contribution in [0.1, 0.15) is 35.6 Å². The van der Waals surface area contributed by atoms with Crippen molar-refractivity contribution in [2.45, 2.75) is 31.0 Å². The molecule has 0 atom stereocenters. The summed E-state index contributed by atoms with van der Waals surface area (Å²) in [6.45, 7) is 1.89. The molecule has 2 aromatic rings. The van der Waals surface area contributed by atoms with Crippen LogP contribution < -0.4 is 0 Å². The van der Waals surface area contributed by atoms with Gasteiger partial charge in [-0.15, -0.1) is 0 Å². The van der Waals surface area contributed by atoms with E-state index in [4.69, 9.17) is 4.52 Å². The van der Waals surface area contributed by atoms with Gasteiger partial charge in [0.25, 0.3) is 0 Å². The number of halogens is 2. The van der Waals surface area contributed by atoms with Gasteiger partial charge in [0.1, 0.15) is 17.3 Å². The van der Waals surface area contributed by atoms with Crippen molar-refractivity contribution < 1.29 is 8.91 Å². The molecule has 0 aliphatic heterocycles. The third-order valence-corrected chi connectivity index (χ3v) is 3.92. The first-order valence-corrected chi connectivity index (χ1v) is 7.14. The minimum Gasteiger partial charge on any atom is -0.360 e. The Hall–Kier alpha value is -1.16. The van der Waals surface area contributed by atoms with E-state index in [1.807, 2.05) is 13.0 Å². The molecule has 1 aliphatic rings. The molecule has 0 N–H and O–H groups in total. The Bertz CT molecular complexity index is 569. The lowest BCUT2D eigenvalue weighted by molar-refractivity contribution is 0.385. The summed E-state index contributed by atoms with van der Waals surface area (Å²) in [5, 5.41) is 4.74. The molecule has 0 amide bonds. The Balaban J connectivity index is 2.16. The van der Waals surface area contributed by atoms with E-state index >= 15 is 0 Å². The average Bonchev–Trinajstić information content (AvgIpc) is 3.10. The van der Waals surface area contributed by atoms with Crippen LogP contribution in [0.15, 0.2) is 22.7 Å². The van der Waals surface area contributed by atoms with Crippen molar-refractivity contribution in [2.24, 2.45) is 0 Å². The van der Waals surface area contributed by atoms with E-state index in [1.54, 1.807) is 6.07 Å². The molecule has 4 heteroatoms. The third kappa shape index (κ3) is 1.88. The number of alkyl halides is 1. The zero-order valence-electron chi connectivity index (χ0n) is 10.0. The maximum absolute atomic E-state index is 14.0. The lowest BCUT2D eigenvalue weighted by atomic mass is 10.0. The van der Waals surface area contributed by atoms with E-state index in [0.29, 0.717) is 22.5 Å². The van der Waals surface area contributed by atoms with E-state index in [0.717, 1.165) is 29.7 Å². The summed E-state index contributed by atoms with van der Waals surface area (Å²) in [5.41, 5.74) is 3.07. The topological polar surface area (TPSA) is 26.0 Å². The van der Waals surface area contributed by atoms with Crippen molar-refractivity contribution in [1.82, 2.24) is 5.16 Å². The van der Waals surface area contributed by atoms with Crippen LogP contribution in [0.4, 0.5) is 4.39 Å². The first-order valence-electron chi connectivity index (χ1n) is 6.02. The minimum absolute atomic E-state index is 0.243. The van der Waals surface area contributed by atoms with Crippen LogP contribution >= 0.6 is 15.9 Å². The van der Waals surface area contributed by atoms with Crippen LogP contribution in [0.25, 0.3) is 11.3 Å². The Labute approximate surface area is 113 Å². The number of hydrogen-bond acceptors (Lipinski definition) is 2. The van der Waals surface area contributed by atoms with Crippen LogP contribution in [0.2, 0.25) is 0 Å². The van der Waals surface area contributed by atoms with Gasteiger partial charge >= 0.3 is 0 Å². The standard InChI is InChI=1S/C14H13BrFNO/c1-8-3-2-4-11(16)12(8)13-10(7-15)14(18-17-13)9-5-6-9/h2-4,9H,5-7H2,1H3. The largest absolute Gasteiger partial charge is 0.360 e. The first kappa shape index (κ1) is 11.9. The summed E-state index contributed by atoms with van der Waals surface area (Å²) in [6.07, 6.45) is 2.29. The number of rotatable bonds is 3. The Morgan fingerprint density at radius 2 is 2.22 bits per heavy atom. The molecular weight excluding hydrogens is 297 g/mol. The highest BCUT2D eigenvalue weighted by atomic mass is 79.9. The zero-order valence-corrected chi connectivity index (χ0v) is 11.6. The van der Waals surface area contributed by atoms with Gasteiger partial charge in [0.15, 0.2) is 0 Å². The normalized spacial score (nSPS) is 15.1. The molecule has 1 aromatic heterocycles. The van der Waals surface area contributed by atoms with E-state index in [1.165, 1.54) is 6.07 Å². The third-order valence-electron chi connectivity index (χ3n) is 3.36. The summed E-state index contributed by atoms with van der Waals surface area (Å²) in [6, 6.07) is 5.07. The first-order chi connectivity index (χ1) is 8.72. The van der Waals surface area contributed by atoms with Crippen LogP contribution in [0, 0.1) is 12.7 Å². The number of aryl methyl sites for hydroxylation is 1. The summed E-state index contributed by atoms with van der Waals surface area (Å²) in [7, 11) is 0. The van der Waals surface area contributed by atoms with Gasteiger partial charge in [-0.2, -0.15) is 0 Å². The Kier molecular flexibility index (Phi) is 2.98. The lowest BCUT2D eigenvalue weighted by Gasteiger charge is -2.05. The van der Waals surface area contributed by atoms with Gasteiger partial charge < -0.3 is 4.52 Å². The summed E-state index contributed by atoms with van der Waals surface area (Å²) in [4.78, 5) is 0. The molecule has 0 saturated heterocycles. The van der Waals surface area contributed by atoms with Crippen molar-refractivity contribution in [3.63, 3.8) is 0 Å².